The van der Waals surface area contributed by atoms with Crippen LogP contribution >= 0.6 is 0 Å². The third kappa shape index (κ3) is 2.69. The average Bonchev–Trinajstić information content (AvgIpc) is 2.38. The number of hydrogen-bond donors (Lipinski definition) is 1. The molecule has 2 N–H and O–H groups in total. The van der Waals surface area contributed by atoms with Gasteiger partial charge in [0.05, 0.1) is 7.11 Å². The third-order valence-electron chi connectivity index (χ3n) is 4.79. The summed E-state index contributed by atoms with van der Waals surface area (Å²) in [6.07, 6.45) is 3.17. The summed E-state index contributed by atoms with van der Waals surface area (Å²) in [5.74, 6) is 1.85. The monoisotopic (exact) mass is 279 g/mol. The molecule has 0 aliphatic heterocycles. The van der Waals surface area contributed by atoms with Crippen molar-refractivity contribution in [3.63, 3.8) is 0 Å². The molecule has 2 nitrogen and oxygen atoms in total. The molecule has 3 unspecified atom stereocenters. The molecular weight excluding hydrogens is 253 g/mol. The van der Waals surface area contributed by atoms with Crippen LogP contribution in [0.5, 0.6) is 5.75 Å². The lowest BCUT2D eigenvalue weighted by molar-refractivity contribution is 0.105. The maximum atomic E-state index is 13.7. The molecule has 1 aromatic carbocycles. The molecule has 20 heavy (non-hydrogen) atoms. The van der Waals surface area contributed by atoms with Crippen LogP contribution in [0.1, 0.15) is 45.6 Å². The number of benzene rings is 1. The molecule has 0 radical (unpaired) electrons. The summed E-state index contributed by atoms with van der Waals surface area (Å²) in [6, 6.07) is 4.69. The molecule has 1 saturated carbocycles. The highest BCUT2D eigenvalue weighted by atomic mass is 19.1. The summed E-state index contributed by atoms with van der Waals surface area (Å²) in [4.78, 5) is 0. The molecule has 0 aromatic heterocycles. The van der Waals surface area contributed by atoms with Gasteiger partial charge in [0, 0.05) is 11.1 Å². The average molecular weight is 279 g/mol. The Kier molecular flexibility index (Phi) is 4.38. The zero-order valence-corrected chi connectivity index (χ0v) is 12.9. The SMILES string of the molecule is COc1ccc(F)cc1C1(N)CC(C)CCC1C(C)C. The van der Waals surface area contributed by atoms with Gasteiger partial charge in [0.25, 0.3) is 0 Å². The second kappa shape index (κ2) is 5.72. The van der Waals surface area contributed by atoms with Crippen LogP contribution in [0.15, 0.2) is 18.2 Å². The molecule has 3 heteroatoms. The lowest BCUT2D eigenvalue weighted by atomic mass is 9.62. The standard InChI is InChI=1S/C17H26FNO/c1-11(2)14-7-5-12(3)10-17(14,19)15-9-13(18)6-8-16(15)20-4/h6,8-9,11-12,14H,5,7,10,19H2,1-4H3. The second-order valence-electron chi connectivity index (χ2n) is 6.62. The Morgan fingerprint density at radius 1 is 1.35 bits per heavy atom. The van der Waals surface area contributed by atoms with E-state index in [-0.39, 0.29) is 5.82 Å². The Bertz CT molecular complexity index is 474. The maximum absolute atomic E-state index is 13.7. The smallest absolute Gasteiger partial charge is 0.124 e. The van der Waals surface area contributed by atoms with E-state index in [1.54, 1.807) is 19.2 Å². The van der Waals surface area contributed by atoms with Crippen LogP contribution in [0.25, 0.3) is 0 Å². The fourth-order valence-electron chi connectivity index (χ4n) is 3.83. The Morgan fingerprint density at radius 3 is 2.65 bits per heavy atom. The van der Waals surface area contributed by atoms with Crippen LogP contribution in [0.4, 0.5) is 4.39 Å². The van der Waals surface area contributed by atoms with Crippen LogP contribution in [-0.4, -0.2) is 7.11 Å². The van der Waals surface area contributed by atoms with E-state index in [9.17, 15) is 4.39 Å². The zero-order chi connectivity index (χ0) is 14.9. The molecule has 0 heterocycles. The van der Waals surface area contributed by atoms with Crippen LogP contribution in [-0.2, 0) is 5.54 Å². The van der Waals surface area contributed by atoms with Crippen molar-refractivity contribution in [2.75, 3.05) is 7.11 Å². The predicted molar refractivity (Wildman–Crippen MR) is 80.2 cm³/mol. The van der Waals surface area contributed by atoms with Gasteiger partial charge in [0.15, 0.2) is 0 Å². The van der Waals surface area contributed by atoms with Crippen molar-refractivity contribution >= 4 is 0 Å². The number of nitrogens with two attached hydrogens (primary N) is 1. The van der Waals surface area contributed by atoms with Gasteiger partial charge >= 0.3 is 0 Å². The molecule has 0 saturated heterocycles. The van der Waals surface area contributed by atoms with E-state index < -0.39 is 5.54 Å². The van der Waals surface area contributed by atoms with Crippen molar-refractivity contribution < 1.29 is 9.13 Å². The summed E-state index contributed by atoms with van der Waals surface area (Å²) in [5, 5.41) is 0. The highest BCUT2D eigenvalue weighted by Crippen LogP contribution is 2.48. The minimum absolute atomic E-state index is 0.244. The van der Waals surface area contributed by atoms with E-state index >= 15 is 0 Å². The minimum Gasteiger partial charge on any atom is -0.496 e. The van der Waals surface area contributed by atoms with E-state index in [1.165, 1.54) is 12.5 Å². The summed E-state index contributed by atoms with van der Waals surface area (Å²) >= 11 is 0. The molecule has 1 aliphatic rings. The summed E-state index contributed by atoms with van der Waals surface area (Å²) in [5.41, 5.74) is 7.14. The zero-order valence-electron chi connectivity index (χ0n) is 12.9. The molecule has 1 aromatic rings. The van der Waals surface area contributed by atoms with Crippen molar-refractivity contribution in [1.82, 2.24) is 0 Å². The summed E-state index contributed by atoms with van der Waals surface area (Å²) in [6.45, 7) is 6.63. The van der Waals surface area contributed by atoms with E-state index in [0.29, 0.717) is 23.5 Å². The van der Waals surface area contributed by atoms with Gasteiger partial charge in [-0.15, -0.1) is 0 Å². The first-order valence-electron chi connectivity index (χ1n) is 7.51. The van der Waals surface area contributed by atoms with Gasteiger partial charge in [0.1, 0.15) is 11.6 Å². The van der Waals surface area contributed by atoms with Gasteiger partial charge in [-0.1, -0.05) is 27.2 Å². The minimum atomic E-state index is -0.501. The van der Waals surface area contributed by atoms with Crippen molar-refractivity contribution in [2.24, 2.45) is 23.5 Å². The summed E-state index contributed by atoms with van der Waals surface area (Å²) < 4.78 is 19.2. The van der Waals surface area contributed by atoms with Crippen LogP contribution in [0.2, 0.25) is 0 Å². The number of methoxy groups -OCH3 is 1. The largest absolute Gasteiger partial charge is 0.496 e. The van der Waals surface area contributed by atoms with Crippen molar-refractivity contribution in [2.45, 2.75) is 45.6 Å². The molecule has 112 valence electrons. The van der Waals surface area contributed by atoms with Crippen LogP contribution < -0.4 is 10.5 Å². The number of halogens is 1. The molecule has 1 aliphatic carbocycles. The topological polar surface area (TPSA) is 35.2 Å². The molecule has 0 amide bonds. The van der Waals surface area contributed by atoms with Gasteiger partial charge in [-0.2, -0.15) is 0 Å². The summed E-state index contributed by atoms with van der Waals surface area (Å²) in [7, 11) is 1.62. The second-order valence-corrected chi connectivity index (χ2v) is 6.62. The Labute approximate surface area is 121 Å². The molecular formula is C17H26FNO. The first-order valence-corrected chi connectivity index (χ1v) is 7.51. The van der Waals surface area contributed by atoms with Gasteiger partial charge in [-0.05, 0) is 48.8 Å². The first-order chi connectivity index (χ1) is 9.38. The fourth-order valence-corrected chi connectivity index (χ4v) is 3.83. The Morgan fingerprint density at radius 2 is 2.05 bits per heavy atom. The van der Waals surface area contributed by atoms with E-state index in [2.05, 4.69) is 20.8 Å². The highest BCUT2D eigenvalue weighted by molar-refractivity contribution is 5.40. The predicted octanol–water partition coefficient (Wildman–Crippen LogP) is 4.08. The van der Waals surface area contributed by atoms with Crippen molar-refractivity contribution in [1.29, 1.82) is 0 Å². The van der Waals surface area contributed by atoms with E-state index in [1.807, 2.05) is 0 Å². The number of ether oxygens (including phenoxy) is 1. The quantitative estimate of drug-likeness (QED) is 0.904. The first kappa shape index (κ1) is 15.3. The molecule has 0 spiro atoms. The highest BCUT2D eigenvalue weighted by Gasteiger charge is 2.44. The van der Waals surface area contributed by atoms with Crippen molar-refractivity contribution in [3.8, 4) is 5.75 Å². The lowest BCUT2D eigenvalue weighted by Crippen LogP contribution is -2.50. The molecule has 1 fully saturated rings. The number of hydrogen-bond acceptors (Lipinski definition) is 2. The van der Waals surface area contributed by atoms with Gasteiger partial charge in [0.2, 0.25) is 0 Å². The van der Waals surface area contributed by atoms with E-state index in [0.717, 1.165) is 18.4 Å². The normalized spacial score (nSPS) is 30.6. The van der Waals surface area contributed by atoms with Gasteiger partial charge in [-0.3, -0.25) is 0 Å². The molecule has 3 atom stereocenters. The van der Waals surface area contributed by atoms with Crippen LogP contribution in [0, 0.1) is 23.6 Å². The lowest BCUT2D eigenvalue weighted by Gasteiger charge is -2.46. The van der Waals surface area contributed by atoms with E-state index in [4.69, 9.17) is 10.5 Å². The molecule has 2 rings (SSSR count). The Hall–Kier alpha value is -1.09. The number of rotatable bonds is 3. The van der Waals surface area contributed by atoms with Gasteiger partial charge < -0.3 is 10.5 Å². The fraction of sp³-hybridized carbons (Fsp3) is 0.647. The Balaban J connectivity index is 2.52. The third-order valence-corrected chi connectivity index (χ3v) is 4.79. The van der Waals surface area contributed by atoms with Gasteiger partial charge in [-0.25, -0.2) is 4.39 Å². The maximum Gasteiger partial charge on any atom is 0.124 e. The van der Waals surface area contributed by atoms with Crippen LogP contribution in [0.3, 0.4) is 0 Å². The molecule has 0 bridgehead atoms. The van der Waals surface area contributed by atoms with Crippen molar-refractivity contribution in [3.05, 3.63) is 29.6 Å².